The molecule has 0 bridgehead atoms. The summed E-state index contributed by atoms with van der Waals surface area (Å²) in [6.45, 7) is 5.62. The summed E-state index contributed by atoms with van der Waals surface area (Å²) in [6, 6.07) is 13.1. The zero-order chi connectivity index (χ0) is 21.1. The topological polar surface area (TPSA) is 96.6 Å². The monoisotopic (exact) mass is 542 g/mol. The number of guanidine groups is 1. The van der Waals surface area contributed by atoms with Crippen LogP contribution in [0.2, 0.25) is 0 Å². The van der Waals surface area contributed by atoms with Gasteiger partial charge in [-0.1, -0.05) is 30.3 Å². The summed E-state index contributed by atoms with van der Waals surface area (Å²) in [5.74, 6) is 0.278. The zero-order valence-corrected chi connectivity index (χ0v) is 20.9. The average Bonchev–Trinajstić information content (AvgIpc) is 2.65. The van der Waals surface area contributed by atoms with E-state index in [2.05, 4.69) is 21.1 Å². The molecule has 0 saturated carbocycles. The normalized spacial score (nSPS) is 14.6. The second-order valence-electron chi connectivity index (χ2n) is 8.44. The molecule has 1 aliphatic rings. The lowest BCUT2D eigenvalue weighted by molar-refractivity contribution is 0.491. The molecule has 164 valence electrons. The van der Waals surface area contributed by atoms with Gasteiger partial charge in [-0.3, -0.25) is 0 Å². The van der Waals surface area contributed by atoms with Gasteiger partial charge in [-0.05, 0) is 75.3 Å². The van der Waals surface area contributed by atoms with Crippen LogP contribution in [0.5, 0.6) is 0 Å². The molecule has 8 heteroatoms. The summed E-state index contributed by atoms with van der Waals surface area (Å²) in [6.07, 6.45) is 4.52. The smallest absolute Gasteiger partial charge is 0.241 e. The van der Waals surface area contributed by atoms with Crippen LogP contribution < -0.4 is 15.8 Å². The highest BCUT2D eigenvalue weighted by Gasteiger charge is 2.24. The number of hydrogen-bond acceptors (Lipinski definition) is 3. The Morgan fingerprint density at radius 2 is 1.77 bits per heavy atom. The SMILES string of the molecule is CC(C)(C)NS(=O)(=O)c1ccccc1CN=C(N)Nc1cccc2c1CCCC2.I. The number of fused-ring (bicyclic) bond motifs is 1. The van der Waals surface area contributed by atoms with E-state index >= 15 is 0 Å². The van der Waals surface area contributed by atoms with Gasteiger partial charge in [0.2, 0.25) is 10.0 Å². The number of nitrogens with one attached hydrogen (secondary N) is 2. The van der Waals surface area contributed by atoms with Crippen LogP contribution in [-0.4, -0.2) is 19.9 Å². The molecule has 0 fully saturated rings. The molecule has 4 N–H and O–H groups in total. The second kappa shape index (κ2) is 10.1. The summed E-state index contributed by atoms with van der Waals surface area (Å²) in [5, 5.41) is 3.20. The lowest BCUT2D eigenvalue weighted by atomic mass is 9.90. The summed E-state index contributed by atoms with van der Waals surface area (Å²) in [4.78, 5) is 4.63. The highest BCUT2D eigenvalue weighted by atomic mass is 127. The number of aryl methyl sites for hydroxylation is 1. The van der Waals surface area contributed by atoms with E-state index in [9.17, 15) is 8.42 Å². The summed E-state index contributed by atoms with van der Waals surface area (Å²) in [7, 11) is -3.65. The van der Waals surface area contributed by atoms with E-state index in [-0.39, 0.29) is 41.4 Å². The quantitative estimate of drug-likeness (QED) is 0.300. The van der Waals surface area contributed by atoms with Crippen LogP contribution in [0.25, 0.3) is 0 Å². The van der Waals surface area contributed by atoms with Gasteiger partial charge >= 0.3 is 0 Å². The van der Waals surface area contributed by atoms with Gasteiger partial charge in [0.25, 0.3) is 0 Å². The molecule has 0 aromatic heterocycles. The molecule has 0 amide bonds. The van der Waals surface area contributed by atoms with Crippen LogP contribution in [0.15, 0.2) is 52.4 Å². The molecule has 6 nitrogen and oxygen atoms in total. The summed E-state index contributed by atoms with van der Waals surface area (Å²) in [5.41, 5.74) is 9.80. The Hall–Kier alpha value is -1.65. The standard InChI is InChI=1S/C22H30N4O2S.HI/c1-22(2,3)26-29(27,28)20-14-7-5-10-17(20)15-24-21(23)25-19-13-8-11-16-9-4-6-12-18(16)19;/h5,7-8,10-11,13-14,26H,4,6,9,12,15H2,1-3H3,(H3,23,24,25);1H. The fourth-order valence-corrected chi connectivity index (χ4v) is 5.25. The Bertz CT molecular complexity index is 1010. The van der Waals surface area contributed by atoms with Crippen molar-refractivity contribution in [2.75, 3.05) is 5.32 Å². The molecule has 0 radical (unpaired) electrons. The maximum Gasteiger partial charge on any atom is 0.241 e. The Kier molecular flexibility index (Phi) is 8.29. The summed E-state index contributed by atoms with van der Waals surface area (Å²) >= 11 is 0. The van der Waals surface area contributed by atoms with Crippen LogP contribution in [0.4, 0.5) is 5.69 Å². The Labute approximate surface area is 196 Å². The minimum absolute atomic E-state index is 0. The first-order chi connectivity index (χ1) is 13.7. The lowest BCUT2D eigenvalue weighted by Gasteiger charge is -2.21. The van der Waals surface area contributed by atoms with Gasteiger partial charge in [-0.2, -0.15) is 0 Å². The first kappa shape index (κ1) is 24.6. The average molecular weight is 542 g/mol. The van der Waals surface area contributed by atoms with Gasteiger partial charge in [-0.15, -0.1) is 24.0 Å². The van der Waals surface area contributed by atoms with Crippen molar-refractivity contribution in [3.8, 4) is 0 Å². The largest absolute Gasteiger partial charge is 0.370 e. The number of sulfonamides is 1. The molecule has 0 atom stereocenters. The number of halogens is 1. The third-order valence-corrected chi connectivity index (χ3v) is 6.64. The molecule has 0 spiro atoms. The Morgan fingerprint density at radius 1 is 1.07 bits per heavy atom. The van der Waals surface area contributed by atoms with Gasteiger partial charge in [-0.25, -0.2) is 18.1 Å². The van der Waals surface area contributed by atoms with Crippen molar-refractivity contribution >= 4 is 45.6 Å². The van der Waals surface area contributed by atoms with E-state index < -0.39 is 15.6 Å². The van der Waals surface area contributed by atoms with Crippen molar-refractivity contribution < 1.29 is 8.42 Å². The molecule has 0 unspecified atom stereocenters. The first-order valence-electron chi connectivity index (χ1n) is 9.95. The highest BCUT2D eigenvalue weighted by Crippen LogP contribution is 2.27. The van der Waals surface area contributed by atoms with Crippen LogP contribution in [0.3, 0.4) is 0 Å². The van der Waals surface area contributed by atoms with Gasteiger partial charge in [0.15, 0.2) is 5.96 Å². The molecule has 0 heterocycles. The number of anilines is 1. The van der Waals surface area contributed by atoms with Crippen LogP contribution in [0, 0.1) is 0 Å². The van der Waals surface area contributed by atoms with Crippen LogP contribution in [0.1, 0.15) is 50.3 Å². The molecular weight excluding hydrogens is 511 g/mol. The van der Waals surface area contributed by atoms with Crippen molar-refractivity contribution in [2.24, 2.45) is 10.7 Å². The molecular formula is C22H31IN4O2S. The predicted octanol–water partition coefficient (Wildman–Crippen LogP) is 4.19. The van der Waals surface area contributed by atoms with Gasteiger partial charge in [0.05, 0.1) is 11.4 Å². The van der Waals surface area contributed by atoms with E-state index in [1.165, 1.54) is 24.0 Å². The molecule has 30 heavy (non-hydrogen) atoms. The number of benzene rings is 2. The minimum Gasteiger partial charge on any atom is -0.370 e. The van der Waals surface area contributed by atoms with Crippen molar-refractivity contribution in [3.63, 3.8) is 0 Å². The lowest BCUT2D eigenvalue weighted by Crippen LogP contribution is -2.40. The molecule has 3 rings (SSSR count). The maximum absolute atomic E-state index is 12.8. The molecule has 0 aliphatic heterocycles. The fraction of sp³-hybridized carbons (Fsp3) is 0.409. The predicted molar refractivity (Wildman–Crippen MR) is 134 cm³/mol. The van der Waals surface area contributed by atoms with Crippen LogP contribution in [-0.2, 0) is 29.4 Å². The highest BCUT2D eigenvalue weighted by molar-refractivity contribution is 14.0. The van der Waals surface area contributed by atoms with E-state index in [1.807, 2.05) is 32.9 Å². The Morgan fingerprint density at radius 3 is 2.50 bits per heavy atom. The third kappa shape index (κ3) is 6.42. The van der Waals surface area contributed by atoms with Gasteiger partial charge in [0, 0.05) is 11.2 Å². The van der Waals surface area contributed by atoms with E-state index in [4.69, 9.17) is 5.73 Å². The Balaban J connectivity index is 0.00000320. The number of nitrogens with zero attached hydrogens (tertiary/aromatic N) is 1. The first-order valence-corrected chi connectivity index (χ1v) is 11.4. The van der Waals surface area contributed by atoms with Gasteiger partial charge < -0.3 is 11.1 Å². The van der Waals surface area contributed by atoms with Crippen molar-refractivity contribution in [2.45, 2.75) is 63.4 Å². The van der Waals surface area contributed by atoms with Crippen molar-refractivity contribution in [1.29, 1.82) is 0 Å². The fourth-order valence-electron chi connectivity index (χ4n) is 3.60. The number of hydrogen-bond donors (Lipinski definition) is 3. The molecule has 2 aromatic rings. The van der Waals surface area contributed by atoms with Crippen molar-refractivity contribution in [3.05, 3.63) is 59.2 Å². The summed E-state index contributed by atoms with van der Waals surface area (Å²) < 4.78 is 28.2. The molecule has 2 aromatic carbocycles. The second-order valence-corrected chi connectivity index (χ2v) is 10.1. The molecule has 1 aliphatic carbocycles. The minimum atomic E-state index is -3.65. The maximum atomic E-state index is 12.8. The van der Waals surface area contributed by atoms with Gasteiger partial charge in [0.1, 0.15) is 0 Å². The number of nitrogens with two attached hydrogens (primary N) is 1. The molecule has 0 saturated heterocycles. The van der Waals surface area contributed by atoms with E-state index in [0.717, 1.165) is 18.5 Å². The number of rotatable bonds is 5. The number of aliphatic imine (C=N–C) groups is 1. The van der Waals surface area contributed by atoms with Crippen LogP contribution >= 0.6 is 24.0 Å². The van der Waals surface area contributed by atoms with E-state index in [0.29, 0.717) is 5.56 Å². The van der Waals surface area contributed by atoms with Crippen molar-refractivity contribution in [1.82, 2.24) is 4.72 Å². The van der Waals surface area contributed by atoms with E-state index in [1.54, 1.807) is 24.3 Å². The third-order valence-electron chi connectivity index (χ3n) is 4.78. The zero-order valence-electron chi connectivity index (χ0n) is 17.7.